The van der Waals surface area contributed by atoms with Gasteiger partial charge in [-0.15, -0.1) is 0 Å². The van der Waals surface area contributed by atoms with Gasteiger partial charge in [-0.05, 0) is 42.5 Å². The Balaban J connectivity index is 1.91. The number of nitrogens with one attached hydrogen (secondary N) is 1. The first-order chi connectivity index (χ1) is 14.9. The fourth-order valence-electron chi connectivity index (χ4n) is 2.91. The molecule has 0 fully saturated rings. The van der Waals surface area contributed by atoms with Gasteiger partial charge in [-0.1, -0.05) is 17.7 Å². The van der Waals surface area contributed by atoms with Gasteiger partial charge in [0.25, 0.3) is 5.91 Å². The number of carbonyl (C=O) groups excluding carboxylic acids is 1. The Labute approximate surface area is 182 Å². The zero-order valence-corrected chi connectivity index (χ0v) is 16.9. The Hall–Kier alpha value is -3.27. The number of rotatable bonds is 4. The van der Waals surface area contributed by atoms with E-state index in [9.17, 15) is 31.1 Å². The Bertz CT molecular complexity index is 1160. The van der Waals surface area contributed by atoms with Crippen LogP contribution in [0.5, 0.6) is 5.75 Å². The number of hydrogen-bond donors (Lipinski definition) is 1. The molecule has 2 aromatic carbocycles. The molecule has 168 valence electrons. The Morgan fingerprint density at radius 1 is 0.969 bits per heavy atom. The average Bonchev–Trinajstić information content (AvgIpc) is 2.72. The number of methoxy groups -OCH3 is 1. The Kier molecular flexibility index (Phi) is 6.36. The molecule has 0 aliphatic carbocycles. The normalized spacial score (nSPS) is 11.9. The molecule has 3 aromatic rings. The van der Waals surface area contributed by atoms with Crippen LogP contribution in [-0.2, 0) is 12.4 Å². The van der Waals surface area contributed by atoms with Crippen molar-refractivity contribution in [1.29, 1.82) is 0 Å². The van der Waals surface area contributed by atoms with E-state index in [0.29, 0.717) is 6.07 Å². The number of alkyl halides is 6. The van der Waals surface area contributed by atoms with Crippen LogP contribution in [0, 0.1) is 0 Å². The lowest BCUT2D eigenvalue weighted by Crippen LogP contribution is -2.14. The molecule has 0 atom stereocenters. The van der Waals surface area contributed by atoms with Crippen LogP contribution in [0.2, 0.25) is 5.02 Å². The van der Waals surface area contributed by atoms with Crippen molar-refractivity contribution in [2.45, 2.75) is 12.4 Å². The first-order valence-electron chi connectivity index (χ1n) is 8.80. The molecular formula is C21H13ClF6N2O2. The maximum absolute atomic E-state index is 13.2. The lowest BCUT2D eigenvalue weighted by atomic mass is 10.0. The Morgan fingerprint density at radius 2 is 1.66 bits per heavy atom. The summed E-state index contributed by atoms with van der Waals surface area (Å²) in [6.07, 6.45) is -8.22. The Morgan fingerprint density at radius 3 is 2.25 bits per heavy atom. The molecule has 0 saturated heterocycles. The van der Waals surface area contributed by atoms with E-state index < -0.39 is 40.8 Å². The molecule has 1 amide bonds. The van der Waals surface area contributed by atoms with Gasteiger partial charge in [0.05, 0.1) is 29.0 Å². The molecule has 0 aliphatic rings. The molecular weight excluding hydrogens is 462 g/mol. The minimum Gasteiger partial charge on any atom is -0.496 e. The first-order valence-corrected chi connectivity index (χ1v) is 9.18. The largest absolute Gasteiger partial charge is 0.496 e. The van der Waals surface area contributed by atoms with Gasteiger partial charge in [0.2, 0.25) is 0 Å². The van der Waals surface area contributed by atoms with Crippen LogP contribution in [0.1, 0.15) is 21.5 Å². The minimum absolute atomic E-state index is 0.0556. The topological polar surface area (TPSA) is 51.2 Å². The van der Waals surface area contributed by atoms with Crippen LogP contribution in [0.15, 0.2) is 54.7 Å². The zero-order valence-electron chi connectivity index (χ0n) is 16.1. The quantitative estimate of drug-likeness (QED) is 0.428. The van der Waals surface area contributed by atoms with Gasteiger partial charge >= 0.3 is 12.4 Å². The number of aromatic nitrogens is 1. The van der Waals surface area contributed by atoms with Crippen molar-refractivity contribution in [3.05, 3.63) is 76.4 Å². The molecule has 0 unspecified atom stereocenters. The van der Waals surface area contributed by atoms with E-state index in [1.807, 2.05) is 0 Å². The summed E-state index contributed by atoms with van der Waals surface area (Å²) in [6.45, 7) is 0. The summed E-state index contributed by atoms with van der Waals surface area (Å²) in [5.41, 5.74) is -2.79. The van der Waals surface area contributed by atoms with Crippen molar-refractivity contribution in [1.82, 2.24) is 4.98 Å². The van der Waals surface area contributed by atoms with E-state index in [-0.39, 0.29) is 21.8 Å². The van der Waals surface area contributed by atoms with Gasteiger partial charge in [0.15, 0.2) is 0 Å². The maximum Gasteiger partial charge on any atom is 0.420 e. The number of amides is 1. The summed E-state index contributed by atoms with van der Waals surface area (Å²) < 4.78 is 83.9. The number of carbonyl (C=O) groups is 1. The molecule has 11 heteroatoms. The van der Waals surface area contributed by atoms with E-state index in [1.165, 1.54) is 24.4 Å². The summed E-state index contributed by atoms with van der Waals surface area (Å²) in [5, 5.41) is 2.11. The smallest absolute Gasteiger partial charge is 0.420 e. The van der Waals surface area contributed by atoms with Crippen LogP contribution >= 0.6 is 11.6 Å². The van der Waals surface area contributed by atoms with Crippen LogP contribution in [0.25, 0.3) is 11.3 Å². The van der Waals surface area contributed by atoms with E-state index in [2.05, 4.69) is 15.0 Å². The highest BCUT2D eigenvalue weighted by atomic mass is 35.5. The van der Waals surface area contributed by atoms with Crippen molar-refractivity contribution >= 4 is 23.2 Å². The maximum atomic E-state index is 13.2. The highest BCUT2D eigenvalue weighted by Crippen LogP contribution is 2.39. The third-order valence-corrected chi connectivity index (χ3v) is 4.67. The second kappa shape index (κ2) is 8.70. The third-order valence-electron chi connectivity index (χ3n) is 4.36. The van der Waals surface area contributed by atoms with E-state index >= 15 is 0 Å². The number of ether oxygens (including phenoxy) is 1. The van der Waals surface area contributed by atoms with Crippen molar-refractivity contribution in [3.8, 4) is 17.0 Å². The molecule has 0 spiro atoms. The number of hydrogen-bond acceptors (Lipinski definition) is 3. The van der Waals surface area contributed by atoms with Crippen molar-refractivity contribution in [3.63, 3.8) is 0 Å². The van der Waals surface area contributed by atoms with E-state index in [1.54, 1.807) is 0 Å². The molecule has 0 aliphatic heterocycles. The molecule has 1 heterocycles. The average molecular weight is 475 g/mol. The van der Waals surface area contributed by atoms with Crippen LogP contribution in [0.3, 0.4) is 0 Å². The van der Waals surface area contributed by atoms with Crippen LogP contribution < -0.4 is 10.1 Å². The number of halogens is 7. The summed E-state index contributed by atoms with van der Waals surface area (Å²) in [7, 11) is 1.08. The van der Waals surface area contributed by atoms with Crippen molar-refractivity contribution in [2.24, 2.45) is 0 Å². The van der Waals surface area contributed by atoms with Crippen LogP contribution in [0.4, 0.5) is 32.0 Å². The predicted octanol–water partition coefficient (Wildman–Crippen LogP) is 6.70. The zero-order chi connectivity index (χ0) is 23.7. The monoisotopic (exact) mass is 474 g/mol. The molecule has 1 N–H and O–H groups in total. The highest BCUT2D eigenvalue weighted by Gasteiger charge is 2.35. The fraction of sp³-hybridized carbons (Fsp3) is 0.143. The molecule has 3 rings (SSSR count). The second-order valence-corrected chi connectivity index (χ2v) is 6.87. The lowest BCUT2D eigenvalue weighted by molar-refractivity contribution is -0.139. The van der Waals surface area contributed by atoms with Gasteiger partial charge in [0.1, 0.15) is 5.75 Å². The second-order valence-electron chi connectivity index (χ2n) is 6.46. The first kappa shape index (κ1) is 23.4. The number of benzene rings is 2. The lowest BCUT2D eigenvalue weighted by Gasteiger charge is -2.15. The molecule has 0 radical (unpaired) electrons. The highest BCUT2D eigenvalue weighted by molar-refractivity contribution is 6.33. The summed E-state index contributed by atoms with van der Waals surface area (Å²) >= 11 is 6.11. The third kappa shape index (κ3) is 4.96. The van der Waals surface area contributed by atoms with Crippen molar-refractivity contribution in [2.75, 3.05) is 12.4 Å². The van der Waals surface area contributed by atoms with Gasteiger partial charge in [-0.25, -0.2) is 0 Å². The number of pyridine rings is 1. The molecule has 0 bridgehead atoms. The van der Waals surface area contributed by atoms with Gasteiger partial charge in [0, 0.05) is 23.0 Å². The van der Waals surface area contributed by atoms with E-state index in [4.69, 9.17) is 11.6 Å². The predicted molar refractivity (Wildman–Crippen MR) is 106 cm³/mol. The number of nitrogens with zero attached hydrogens (tertiary/aromatic N) is 1. The van der Waals surface area contributed by atoms with Gasteiger partial charge in [-0.3, -0.25) is 9.78 Å². The summed E-state index contributed by atoms with van der Waals surface area (Å²) in [4.78, 5) is 16.2. The SMILES string of the molecule is COc1ccc(NC(=O)c2ccc(-c3ncccc3C(F)(F)F)c(Cl)c2)cc1C(F)(F)F. The summed E-state index contributed by atoms with van der Waals surface area (Å²) in [6, 6.07) is 8.43. The standard InChI is InChI=1S/C21H13ClF6N2O2/c1-32-17-7-5-12(10-15(17)21(26,27)28)30-19(31)11-4-6-13(16(22)9-11)18-14(20(23,24)25)3-2-8-29-18/h2-10H,1H3,(H,30,31). The van der Waals surface area contributed by atoms with E-state index in [0.717, 1.165) is 31.4 Å². The van der Waals surface area contributed by atoms with Gasteiger partial charge in [-0.2, -0.15) is 26.3 Å². The summed E-state index contributed by atoms with van der Waals surface area (Å²) in [5.74, 6) is -1.23. The minimum atomic E-state index is -4.71. The molecule has 0 saturated carbocycles. The molecule has 4 nitrogen and oxygen atoms in total. The molecule has 1 aromatic heterocycles. The fourth-order valence-corrected chi connectivity index (χ4v) is 3.18. The van der Waals surface area contributed by atoms with Crippen molar-refractivity contribution < 1.29 is 35.9 Å². The number of anilines is 1. The van der Waals surface area contributed by atoms with Gasteiger partial charge < -0.3 is 10.1 Å². The molecule has 32 heavy (non-hydrogen) atoms. The van der Waals surface area contributed by atoms with Crippen LogP contribution in [-0.4, -0.2) is 18.0 Å².